The summed E-state index contributed by atoms with van der Waals surface area (Å²) in [7, 11) is 3.07. The van der Waals surface area contributed by atoms with Gasteiger partial charge in [0.15, 0.2) is 16.7 Å². The molecule has 3 aromatic rings. The molecule has 6 nitrogen and oxygen atoms in total. The number of nitrogens with one attached hydrogen (secondary N) is 1. The van der Waals surface area contributed by atoms with Crippen LogP contribution in [-0.4, -0.2) is 35.3 Å². The maximum absolute atomic E-state index is 11.7. The predicted molar refractivity (Wildman–Crippen MR) is 105 cm³/mol. The summed E-state index contributed by atoms with van der Waals surface area (Å²) >= 11 is 4.46. The van der Waals surface area contributed by atoms with Crippen LogP contribution in [0.3, 0.4) is 0 Å². The molecule has 8 heteroatoms. The van der Waals surface area contributed by atoms with Gasteiger partial charge in [0.05, 0.1) is 29.7 Å². The summed E-state index contributed by atoms with van der Waals surface area (Å²) in [6.07, 6.45) is 1.56. The molecule has 0 atom stereocenters. The molecule has 0 bridgehead atoms. The van der Waals surface area contributed by atoms with E-state index in [-0.39, 0.29) is 4.91 Å². The monoisotopic (exact) mass is 434 g/mol. The first-order chi connectivity index (χ1) is 12.5. The van der Waals surface area contributed by atoms with E-state index < -0.39 is 5.97 Å². The van der Waals surface area contributed by atoms with Crippen molar-refractivity contribution in [3.8, 4) is 11.5 Å². The molecule has 134 valence electrons. The van der Waals surface area contributed by atoms with Crippen molar-refractivity contribution in [2.75, 3.05) is 14.2 Å². The maximum atomic E-state index is 11.7. The molecule has 3 rings (SSSR count). The zero-order valence-corrected chi connectivity index (χ0v) is 16.3. The van der Waals surface area contributed by atoms with Crippen LogP contribution in [0.1, 0.15) is 5.56 Å². The molecule has 2 N–H and O–H groups in total. The van der Waals surface area contributed by atoms with Gasteiger partial charge in [0.2, 0.25) is 0 Å². The minimum absolute atomic E-state index is 0.128. The summed E-state index contributed by atoms with van der Waals surface area (Å²) in [4.78, 5) is 19.3. The Bertz CT molecular complexity index is 967. The number of benzene rings is 2. The van der Waals surface area contributed by atoms with Crippen molar-refractivity contribution < 1.29 is 19.4 Å². The van der Waals surface area contributed by atoms with Crippen LogP contribution in [0.25, 0.3) is 17.1 Å². The second-order valence-corrected chi connectivity index (χ2v) is 7.10. The quantitative estimate of drug-likeness (QED) is 0.436. The van der Waals surface area contributed by atoms with Crippen LogP contribution in [0.2, 0.25) is 0 Å². The van der Waals surface area contributed by atoms with Gasteiger partial charge in [-0.05, 0) is 63.6 Å². The summed E-state index contributed by atoms with van der Waals surface area (Å²) in [5, 5.41) is 10.1. The standard InChI is InChI=1S/C18H15BrN2O4S/c1-24-14-8-10(7-11(19)16(14)25-2)9-15(17(22)23)26-18-20-12-5-3-4-6-13(12)21-18/h3-9H,1-2H3,(H,20,21)(H,22,23)/b15-9-. The first-order valence-corrected chi connectivity index (χ1v) is 9.12. The van der Waals surface area contributed by atoms with E-state index in [0.29, 0.717) is 26.7 Å². The van der Waals surface area contributed by atoms with Gasteiger partial charge in [-0.15, -0.1) is 0 Å². The summed E-state index contributed by atoms with van der Waals surface area (Å²) < 4.78 is 11.2. The number of halogens is 1. The second kappa shape index (κ2) is 7.84. The smallest absolute Gasteiger partial charge is 0.342 e. The second-order valence-electron chi connectivity index (χ2n) is 5.21. The topological polar surface area (TPSA) is 84.4 Å². The number of carboxylic acid groups (broad SMARTS) is 1. The Balaban J connectivity index is 1.97. The van der Waals surface area contributed by atoms with Crippen molar-refractivity contribution in [1.29, 1.82) is 0 Å². The fraction of sp³-hybridized carbons (Fsp3) is 0.111. The number of carbonyl (C=O) groups is 1. The lowest BCUT2D eigenvalue weighted by Crippen LogP contribution is -1.98. The highest BCUT2D eigenvalue weighted by molar-refractivity contribution is 9.10. The minimum Gasteiger partial charge on any atom is -0.493 e. The molecule has 0 spiro atoms. The van der Waals surface area contributed by atoms with E-state index in [2.05, 4.69) is 25.9 Å². The van der Waals surface area contributed by atoms with Gasteiger partial charge in [0.25, 0.3) is 0 Å². The van der Waals surface area contributed by atoms with Crippen LogP contribution in [-0.2, 0) is 4.79 Å². The molecule has 0 unspecified atom stereocenters. The Hall–Kier alpha value is -2.45. The number of H-pyrrole nitrogens is 1. The molecule has 0 aliphatic rings. The summed E-state index contributed by atoms with van der Waals surface area (Å²) in [5.74, 6) is 0.0134. The van der Waals surface area contributed by atoms with Gasteiger partial charge >= 0.3 is 5.97 Å². The lowest BCUT2D eigenvalue weighted by Gasteiger charge is -2.10. The minimum atomic E-state index is -1.04. The SMILES string of the molecule is COc1cc(/C=C(\Sc2nc3ccccc3[nH]2)C(=O)O)cc(Br)c1OC. The lowest BCUT2D eigenvalue weighted by molar-refractivity contribution is -0.131. The number of para-hydroxylation sites is 2. The molecule has 1 aromatic heterocycles. The molecule has 2 aromatic carbocycles. The molecule has 1 heterocycles. The highest BCUT2D eigenvalue weighted by Gasteiger charge is 2.15. The van der Waals surface area contributed by atoms with Crippen molar-refractivity contribution in [3.63, 3.8) is 0 Å². The van der Waals surface area contributed by atoms with Crippen molar-refractivity contribution in [2.24, 2.45) is 0 Å². The summed E-state index contributed by atoms with van der Waals surface area (Å²) in [6, 6.07) is 11.0. The van der Waals surface area contributed by atoms with Crippen molar-refractivity contribution in [2.45, 2.75) is 5.16 Å². The number of rotatable bonds is 6. The van der Waals surface area contributed by atoms with Gasteiger partial charge in [-0.1, -0.05) is 12.1 Å². The number of carboxylic acids is 1. The Morgan fingerprint density at radius 1 is 1.27 bits per heavy atom. The zero-order chi connectivity index (χ0) is 18.7. The van der Waals surface area contributed by atoms with Gasteiger partial charge in [-0.25, -0.2) is 9.78 Å². The third-order valence-electron chi connectivity index (χ3n) is 3.54. The highest BCUT2D eigenvalue weighted by Crippen LogP contribution is 2.37. The molecule has 0 radical (unpaired) electrons. The number of methoxy groups -OCH3 is 2. The Morgan fingerprint density at radius 2 is 2.04 bits per heavy atom. The normalized spacial score (nSPS) is 11.6. The Morgan fingerprint density at radius 3 is 2.69 bits per heavy atom. The maximum Gasteiger partial charge on any atom is 0.342 e. The van der Waals surface area contributed by atoms with E-state index >= 15 is 0 Å². The summed E-state index contributed by atoms with van der Waals surface area (Å²) in [5.41, 5.74) is 2.30. The summed E-state index contributed by atoms with van der Waals surface area (Å²) in [6.45, 7) is 0. The largest absolute Gasteiger partial charge is 0.493 e. The Labute approximate surface area is 162 Å². The van der Waals surface area contributed by atoms with Crippen LogP contribution in [0.15, 0.2) is 50.9 Å². The van der Waals surface area contributed by atoms with Crippen LogP contribution in [0, 0.1) is 0 Å². The molecule has 0 aliphatic carbocycles. The number of imidazole rings is 1. The molecular weight excluding hydrogens is 420 g/mol. The van der Waals surface area contributed by atoms with E-state index in [1.54, 1.807) is 18.2 Å². The van der Waals surface area contributed by atoms with Crippen LogP contribution < -0.4 is 9.47 Å². The lowest BCUT2D eigenvalue weighted by atomic mass is 10.2. The third kappa shape index (κ3) is 3.86. The number of aromatic amines is 1. The van der Waals surface area contributed by atoms with Gasteiger partial charge < -0.3 is 19.6 Å². The van der Waals surface area contributed by atoms with Crippen molar-refractivity contribution >= 4 is 50.8 Å². The van der Waals surface area contributed by atoms with Gasteiger partial charge in [-0.3, -0.25) is 0 Å². The highest BCUT2D eigenvalue weighted by atomic mass is 79.9. The number of nitrogens with zero attached hydrogens (tertiary/aromatic N) is 1. The average Bonchev–Trinajstić information content (AvgIpc) is 3.03. The first-order valence-electron chi connectivity index (χ1n) is 7.51. The fourth-order valence-corrected chi connectivity index (χ4v) is 3.81. The number of fused-ring (bicyclic) bond motifs is 1. The third-order valence-corrected chi connectivity index (χ3v) is 5.03. The molecular formula is C18H15BrN2O4S. The fourth-order valence-electron chi connectivity index (χ4n) is 2.39. The van der Waals surface area contributed by atoms with E-state index in [1.807, 2.05) is 24.3 Å². The van der Waals surface area contributed by atoms with Crippen LogP contribution in [0.5, 0.6) is 11.5 Å². The van der Waals surface area contributed by atoms with E-state index in [1.165, 1.54) is 14.2 Å². The zero-order valence-electron chi connectivity index (χ0n) is 13.9. The molecule has 0 saturated carbocycles. The molecule has 0 aliphatic heterocycles. The van der Waals surface area contributed by atoms with E-state index in [9.17, 15) is 9.90 Å². The van der Waals surface area contributed by atoms with Crippen LogP contribution in [0.4, 0.5) is 0 Å². The van der Waals surface area contributed by atoms with Gasteiger partial charge in [0, 0.05) is 0 Å². The van der Waals surface area contributed by atoms with E-state index in [4.69, 9.17) is 9.47 Å². The van der Waals surface area contributed by atoms with Crippen molar-refractivity contribution in [1.82, 2.24) is 9.97 Å². The number of hydrogen-bond donors (Lipinski definition) is 2. The number of ether oxygens (including phenoxy) is 2. The number of thioether (sulfide) groups is 1. The molecule has 0 amide bonds. The number of hydrogen-bond acceptors (Lipinski definition) is 5. The van der Waals surface area contributed by atoms with Crippen LogP contribution >= 0.6 is 27.7 Å². The molecule has 0 fully saturated rings. The number of aromatic nitrogens is 2. The van der Waals surface area contributed by atoms with Crippen molar-refractivity contribution in [3.05, 3.63) is 51.3 Å². The van der Waals surface area contributed by atoms with Gasteiger partial charge in [-0.2, -0.15) is 0 Å². The first kappa shape index (κ1) is 18.3. The Kier molecular flexibility index (Phi) is 5.53. The molecule has 26 heavy (non-hydrogen) atoms. The molecule has 0 saturated heterocycles. The average molecular weight is 435 g/mol. The predicted octanol–water partition coefficient (Wildman–Crippen LogP) is 4.56. The number of aliphatic carboxylic acids is 1. The van der Waals surface area contributed by atoms with Gasteiger partial charge in [0.1, 0.15) is 4.91 Å². The van der Waals surface area contributed by atoms with E-state index in [0.717, 1.165) is 22.8 Å².